The lowest BCUT2D eigenvalue weighted by molar-refractivity contribution is 0.422. The third kappa shape index (κ3) is 2.43. The monoisotopic (exact) mass is 243 g/mol. The first-order valence-electron chi connectivity index (χ1n) is 5.59. The number of aromatic nitrogens is 2. The molecule has 1 aromatic rings. The SMILES string of the molecule is CN(c1nc(Cl)ncc1F)C1CCCCC1. The van der Waals surface area contributed by atoms with Crippen molar-refractivity contribution in [3.8, 4) is 0 Å². The summed E-state index contributed by atoms with van der Waals surface area (Å²) in [4.78, 5) is 9.46. The summed E-state index contributed by atoms with van der Waals surface area (Å²) < 4.78 is 13.5. The van der Waals surface area contributed by atoms with Crippen molar-refractivity contribution in [3.05, 3.63) is 17.3 Å². The van der Waals surface area contributed by atoms with Crippen molar-refractivity contribution in [3.63, 3.8) is 0 Å². The summed E-state index contributed by atoms with van der Waals surface area (Å²) in [6.45, 7) is 0. The minimum Gasteiger partial charge on any atom is -0.354 e. The van der Waals surface area contributed by atoms with E-state index in [2.05, 4.69) is 9.97 Å². The first-order chi connectivity index (χ1) is 7.68. The summed E-state index contributed by atoms with van der Waals surface area (Å²) >= 11 is 5.68. The largest absolute Gasteiger partial charge is 0.354 e. The van der Waals surface area contributed by atoms with Crippen LogP contribution in [0.3, 0.4) is 0 Å². The highest BCUT2D eigenvalue weighted by Crippen LogP contribution is 2.26. The van der Waals surface area contributed by atoms with Gasteiger partial charge in [0.15, 0.2) is 11.6 Å². The van der Waals surface area contributed by atoms with Gasteiger partial charge in [0.2, 0.25) is 5.28 Å². The van der Waals surface area contributed by atoms with Crippen LogP contribution in [0.1, 0.15) is 32.1 Å². The molecule has 1 saturated carbocycles. The zero-order valence-corrected chi connectivity index (χ0v) is 10.0. The first-order valence-corrected chi connectivity index (χ1v) is 5.97. The molecule has 0 radical (unpaired) electrons. The smallest absolute Gasteiger partial charge is 0.224 e. The van der Waals surface area contributed by atoms with Gasteiger partial charge in [0.05, 0.1) is 6.20 Å². The molecular formula is C11H15ClFN3. The number of anilines is 1. The Hall–Kier alpha value is -0.900. The third-order valence-corrected chi connectivity index (χ3v) is 3.33. The van der Waals surface area contributed by atoms with Crippen molar-refractivity contribution in [2.45, 2.75) is 38.1 Å². The Labute approximate surface area is 99.6 Å². The van der Waals surface area contributed by atoms with Crippen molar-refractivity contribution < 1.29 is 4.39 Å². The highest BCUT2D eigenvalue weighted by molar-refractivity contribution is 6.28. The first kappa shape index (κ1) is 11.6. The van der Waals surface area contributed by atoms with Gasteiger partial charge < -0.3 is 4.90 Å². The second kappa shape index (κ2) is 4.95. The van der Waals surface area contributed by atoms with Crippen molar-refractivity contribution in [2.75, 3.05) is 11.9 Å². The molecule has 0 amide bonds. The number of hydrogen-bond acceptors (Lipinski definition) is 3. The van der Waals surface area contributed by atoms with Crippen LogP contribution in [0, 0.1) is 5.82 Å². The molecule has 0 unspecified atom stereocenters. The number of rotatable bonds is 2. The van der Waals surface area contributed by atoms with Crippen LogP contribution < -0.4 is 4.90 Å². The molecule has 0 bridgehead atoms. The lowest BCUT2D eigenvalue weighted by Gasteiger charge is -2.32. The Kier molecular flexibility index (Phi) is 3.59. The van der Waals surface area contributed by atoms with Crippen LogP contribution in [-0.4, -0.2) is 23.1 Å². The van der Waals surface area contributed by atoms with E-state index in [-0.39, 0.29) is 5.28 Å². The lowest BCUT2D eigenvalue weighted by Crippen LogP contribution is -2.34. The Morgan fingerprint density at radius 3 is 2.75 bits per heavy atom. The minimum absolute atomic E-state index is 0.0964. The van der Waals surface area contributed by atoms with Crippen LogP contribution in [0.15, 0.2) is 6.20 Å². The number of halogens is 2. The number of hydrogen-bond donors (Lipinski definition) is 0. The summed E-state index contributed by atoms with van der Waals surface area (Å²) in [5, 5.41) is 0.0964. The van der Waals surface area contributed by atoms with Crippen LogP contribution in [-0.2, 0) is 0 Å². The van der Waals surface area contributed by atoms with Crippen LogP contribution in [0.4, 0.5) is 10.2 Å². The molecule has 16 heavy (non-hydrogen) atoms. The van der Waals surface area contributed by atoms with E-state index >= 15 is 0 Å². The van der Waals surface area contributed by atoms with Crippen LogP contribution in [0.5, 0.6) is 0 Å². The fourth-order valence-corrected chi connectivity index (χ4v) is 2.35. The van der Waals surface area contributed by atoms with Gasteiger partial charge in [-0.05, 0) is 24.4 Å². The van der Waals surface area contributed by atoms with E-state index in [1.165, 1.54) is 19.3 Å². The Bertz CT molecular complexity index is 366. The van der Waals surface area contributed by atoms with Crippen LogP contribution in [0.2, 0.25) is 5.28 Å². The Balaban J connectivity index is 2.18. The van der Waals surface area contributed by atoms with E-state index in [0.29, 0.717) is 11.9 Å². The van der Waals surface area contributed by atoms with Crippen molar-refractivity contribution in [2.24, 2.45) is 0 Å². The molecule has 0 spiro atoms. The minimum atomic E-state index is -0.405. The molecule has 1 aliphatic carbocycles. The maximum Gasteiger partial charge on any atom is 0.224 e. The fourth-order valence-electron chi connectivity index (χ4n) is 2.23. The van der Waals surface area contributed by atoms with Gasteiger partial charge in [-0.1, -0.05) is 19.3 Å². The maximum atomic E-state index is 13.5. The molecule has 1 aliphatic rings. The summed E-state index contributed by atoms with van der Waals surface area (Å²) in [6, 6.07) is 0.370. The number of nitrogens with zero attached hydrogens (tertiary/aromatic N) is 3. The molecule has 1 aromatic heterocycles. The van der Waals surface area contributed by atoms with Gasteiger partial charge in [0.1, 0.15) is 0 Å². The summed E-state index contributed by atoms with van der Waals surface area (Å²) in [7, 11) is 1.87. The van der Waals surface area contributed by atoms with Gasteiger partial charge >= 0.3 is 0 Å². The predicted molar refractivity (Wildman–Crippen MR) is 62.3 cm³/mol. The van der Waals surface area contributed by atoms with E-state index in [1.807, 2.05) is 11.9 Å². The van der Waals surface area contributed by atoms with E-state index in [9.17, 15) is 4.39 Å². The summed E-state index contributed by atoms with van der Waals surface area (Å²) in [5.74, 6) is -0.0932. The molecule has 0 aliphatic heterocycles. The molecule has 0 saturated heterocycles. The van der Waals surface area contributed by atoms with Crippen molar-refractivity contribution >= 4 is 17.4 Å². The average Bonchev–Trinajstić information content (AvgIpc) is 2.32. The Morgan fingerprint density at radius 2 is 2.06 bits per heavy atom. The van der Waals surface area contributed by atoms with Crippen LogP contribution in [0.25, 0.3) is 0 Å². The highest BCUT2D eigenvalue weighted by Gasteiger charge is 2.21. The fraction of sp³-hybridized carbons (Fsp3) is 0.636. The summed E-state index contributed by atoms with van der Waals surface area (Å²) in [5.41, 5.74) is 0. The van der Waals surface area contributed by atoms with Gasteiger partial charge in [-0.15, -0.1) is 0 Å². The van der Waals surface area contributed by atoms with Crippen LogP contribution >= 0.6 is 11.6 Å². The predicted octanol–water partition coefficient (Wildman–Crippen LogP) is 3.04. The van der Waals surface area contributed by atoms with Crippen molar-refractivity contribution in [1.82, 2.24) is 9.97 Å². The molecule has 2 rings (SSSR count). The van der Waals surface area contributed by atoms with Gasteiger partial charge in [0, 0.05) is 13.1 Å². The topological polar surface area (TPSA) is 29.0 Å². The highest BCUT2D eigenvalue weighted by atomic mass is 35.5. The normalized spacial score (nSPS) is 17.4. The van der Waals surface area contributed by atoms with E-state index in [4.69, 9.17) is 11.6 Å². The quantitative estimate of drug-likeness (QED) is 0.748. The molecule has 0 N–H and O–H groups in total. The maximum absolute atomic E-state index is 13.5. The van der Waals surface area contributed by atoms with E-state index < -0.39 is 5.82 Å². The molecular weight excluding hydrogens is 229 g/mol. The zero-order valence-electron chi connectivity index (χ0n) is 9.29. The lowest BCUT2D eigenvalue weighted by atomic mass is 9.94. The third-order valence-electron chi connectivity index (χ3n) is 3.15. The second-order valence-corrected chi connectivity index (χ2v) is 4.55. The van der Waals surface area contributed by atoms with Gasteiger partial charge in [0.25, 0.3) is 0 Å². The summed E-state index contributed by atoms with van der Waals surface area (Å²) in [6.07, 6.45) is 7.00. The second-order valence-electron chi connectivity index (χ2n) is 4.21. The van der Waals surface area contributed by atoms with Gasteiger partial charge in [-0.25, -0.2) is 9.37 Å². The van der Waals surface area contributed by atoms with E-state index in [1.54, 1.807) is 0 Å². The van der Waals surface area contributed by atoms with Crippen molar-refractivity contribution in [1.29, 1.82) is 0 Å². The molecule has 88 valence electrons. The Morgan fingerprint density at radius 1 is 1.38 bits per heavy atom. The molecule has 5 heteroatoms. The standard InChI is InChI=1S/C11H15ClFN3/c1-16(8-5-3-2-4-6-8)10-9(13)7-14-11(12)15-10/h7-8H,2-6H2,1H3. The molecule has 0 aromatic carbocycles. The molecule has 0 atom stereocenters. The molecule has 1 heterocycles. The van der Waals surface area contributed by atoms with E-state index in [0.717, 1.165) is 19.0 Å². The molecule has 3 nitrogen and oxygen atoms in total. The average molecular weight is 244 g/mol. The van der Waals surface area contributed by atoms with Gasteiger partial charge in [-0.3, -0.25) is 0 Å². The zero-order chi connectivity index (χ0) is 11.5. The molecule has 1 fully saturated rings. The van der Waals surface area contributed by atoms with Gasteiger partial charge in [-0.2, -0.15) is 4.98 Å².